The predicted molar refractivity (Wildman–Crippen MR) is 54.7 cm³/mol. The van der Waals surface area contributed by atoms with E-state index in [2.05, 4.69) is 4.74 Å². The second kappa shape index (κ2) is 5.50. The minimum Gasteiger partial charge on any atom is -0.468 e. The standard InChI is InChI=1S/C9H17NO2S/c1-12-9(11)8(10)6-13-5-4-7-2-3-7/h7-8H,2-6,10H2,1H3. The van der Waals surface area contributed by atoms with Crippen molar-refractivity contribution in [3.05, 3.63) is 0 Å². The van der Waals surface area contributed by atoms with E-state index >= 15 is 0 Å². The van der Waals surface area contributed by atoms with Crippen LogP contribution in [0.3, 0.4) is 0 Å². The van der Waals surface area contributed by atoms with Crippen molar-refractivity contribution in [1.82, 2.24) is 0 Å². The summed E-state index contributed by atoms with van der Waals surface area (Å²) >= 11 is 1.75. The summed E-state index contributed by atoms with van der Waals surface area (Å²) < 4.78 is 4.53. The zero-order valence-electron chi connectivity index (χ0n) is 7.99. The van der Waals surface area contributed by atoms with Crippen LogP contribution in [0.2, 0.25) is 0 Å². The summed E-state index contributed by atoms with van der Waals surface area (Å²) in [5, 5.41) is 0. The van der Waals surface area contributed by atoms with E-state index in [0.717, 1.165) is 11.7 Å². The van der Waals surface area contributed by atoms with E-state index < -0.39 is 6.04 Å². The molecule has 1 aliphatic rings. The van der Waals surface area contributed by atoms with Gasteiger partial charge in [-0.15, -0.1) is 0 Å². The van der Waals surface area contributed by atoms with Crippen molar-refractivity contribution < 1.29 is 9.53 Å². The highest BCUT2D eigenvalue weighted by molar-refractivity contribution is 7.99. The summed E-state index contributed by atoms with van der Waals surface area (Å²) in [5.41, 5.74) is 5.56. The third-order valence-electron chi connectivity index (χ3n) is 2.17. The molecule has 1 fully saturated rings. The number of hydrogen-bond donors (Lipinski definition) is 1. The van der Waals surface area contributed by atoms with Crippen molar-refractivity contribution in [2.75, 3.05) is 18.6 Å². The van der Waals surface area contributed by atoms with Crippen LogP contribution in [-0.4, -0.2) is 30.6 Å². The number of carbonyl (C=O) groups excluding carboxylic acids is 1. The molecule has 1 atom stereocenters. The molecule has 0 aromatic rings. The normalized spacial score (nSPS) is 18.3. The van der Waals surface area contributed by atoms with Crippen molar-refractivity contribution in [3.8, 4) is 0 Å². The maximum absolute atomic E-state index is 10.9. The van der Waals surface area contributed by atoms with E-state index in [1.54, 1.807) is 11.8 Å². The Labute approximate surface area is 83.4 Å². The molecular formula is C9H17NO2S. The lowest BCUT2D eigenvalue weighted by molar-refractivity contribution is -0.141. The largest absolute Gasteiger partial charge is 0.468 e. The summed E-state index contributed by atoms with van der Waals surface area (Å²) in [5.74, 6) is 2.45. The summed E-state index contributed by atoms with van der Waals surface area (Å²) in [6, 6.07) is -0.450. The van der Waals surface area contributed by atoms with Gasteiger partial charge in [-0.1, -0.05) is 12.8 Å². The molecule has 0 aromatic carbocycles. The van der Waals surface area contributed by atoms with E-state index in [1.807, 2.05) is 0 Å². The fraction of sp³-hybridized carbons (Fsp3) is 0.889. The van der Waals surface area contributed by atoms with Crippen LogP contribution in [-0.2, 0) is 9.53 Å². The lowest BCUT2D eigenvalue weighted by Gasteiger charge is -2.07. The molecule has 0 saturated heterocycles. The number of hydrogen-bond acceptors (Lipinski definition) is 4. The van der Waals surface area contributed by atoms with E-state index in [4.69, 9.17) is 5.73 Å². The Bertz CT molecular complexity index is 171. The lowest BCUT2D eigenvalue weighted by Crippen LogP contribution is -2.33. The minimum atomic E-state index is -0.450. The van der Waals surface area contributed by atoms with Gasteiger partial charge in [0.1, 0.15) is 6.04 Å². The Balaban J connectivity index is 1.93. The average Bonchev–Trinajstić information content (AvgIpc) is 2.94. The summed E-state index contributed by atoms with van der Waals surface area (Å²) in [4.78, 5) is 10.9. The third kappa shape index (κ3) is 4.52. The fourth-order valence-electron chi connectivity index (χ4n) is 1.09. The topological polar surface area (TPSA) is 52.3 Å². The van der Waals surface area contributed by atoms with Crippen LogP contribution in [0.4, 0.5) is 0 Å². The van der Waals surface area contributed by atoms with E-state index in [0.29, 0.717) is 5.75 Å². The third-order valence-corrected chi connectivity index (χ3v) is 3.29. The molecule has 1 unspecified atom stereocenters. The van der Waals surface area contributed by atoms with Crippen molar-refractivity contribution in [2.45, 2.75) is 25.3 Å². The maximum Gasteiger partial charge on any atom is 0.323 e. The molecule has 0 heterocycles. The molecule has 3 nitrogen and oxygen atoms in total. The minimum absolute atomic E-state index is 0.307. The van der Waals surface area contributed by atoms with Gasteiger partial charge in [0.05, 0.1) is 7.11 Å². The zero-order chi connectivity index (χ0) is 9.68. The molecule has 0 amide bonds. The highest BCUT2D eigenvalue weighted by Crippen LogP contribution is 2.33. The van der Waals surface area contributed by atoms with Crippen molar-refractivity contribution in [1.29, 1.82) is 0 Å². The number of ether oxygens (including phenoxy) is 1. The summed E-state index contributed by atoms with van der Waals surface area (Å²) in [6.45, 7) is 0. The number of thioether (sulfide) groups is 1. The van der Waals surface area contributed by atoms with Crippen LogP contribution in [0.25, 0.3) is 0 Å². The smallest absolute Gasteiger partial charge is 0.323 e. The molecule has 0 aliphatic heterocycles. The monoisotopic (exact) mass is 203 g/mol. The second-order valence-electron chi connectivity index (χ2n) is 3.44. The summed E-state index contributed by atoms with van der Waals surface area (Å²) in [6.07, 6.45) is 4.06. The first-order chi connectivity index (χ1) is 6.24. The molecule has 0 bridgehead atoms. The highest BCUT2D eigenvalue weighted by atomic mass is 32.2. The van der Waals surface area contributed by atoms with Crippen LogP contribution in [0.5, 0.6) is 0 Å². The van der Waals surface area contributed by atoms with Gasteiger partial charge in [-0.05, 0) is 18.1 Å². The molecule has 0 radical (unpaired) electrons. The molecule has 2 N–H and O–H groups in total. The fourth-order valence-corrected chi connectivity index (χ4v) is 2.14. The SMILES string of the molecule is COC(=O)C(N)CSCCC1CC1. The van der Waals surface area contributed by atoms with Gasteiger partial charge in [0.15, 0.2) is 0 Å². The number of nitrogens with two attached hydrogens (primary N) is 1. The van der Waals surface area contributed by atoms with Gasteiger partial charge in [-0.25, -0.2) is 0 Å². The maximum atomic E-state index is 10.9. The molecule has 1 aliphatic carbocycles. The molecule has 0 aromatic heterocycles. The molecule has 76 valence electrons. The summed E-state index contributed by atoms with van der Waals surface area (Å²) in [7, 11) is 1.37. The van der Waals surface area contributed by atoms with Crippen LogP contribution in [0, 0.1) is 5.92 Å². The molecule has 4 heteroatoms. The van der Waals surface area contributed by atoms with E-state index in [9.17, 15) is 4.79 Å². The van der Waals surface area contributed by atoms with Crippen molar-refractivity contribution in [3.63, 3.8) is 0 Å². The average molecular weight is 203 g/mol. The van der Waals surface area contributed by atoms with Crippen LogP contribution < -0.4 is 5.73 Å². The van der Waals surface area contributed by atoms with E-state index in [1.165, 1.54) is 26.4 Å². The predicted octanol–water partition coefficient (Wildman–Crippen LogP) is 1.02. The molecule has 13 heavy (non-hydrogen) atoms. The Hall–Kier alpha value is -0.220. The Morgan fingerprint density at radius 3 is 2.92 bits per heavy atom. The number of esters is 1. The number of methoxy groups -OCH3 is 1. The Morgan fingerprint density at radius 1 is 1.69 bits per heavy atom. The van der Waals surface area contributed by atoms with Gasteiger partial charge in [0, 0.05) is 5.75 Å². The molecule has 0 spiro atoms. The Kier molecular flexibility index (Phi) is 4.59. The van der Waals surface area contributed by atoms with Gasteiger partial charge in [-0.2, -0.15) is 11.8 Å². The first-order valence-electron chi connectivity index (χ1n) is 4.65. The quantitative estimate of drug-likeness (QED) is 0.517. The lowest BCUT2D eigenvalue weighted by atomic mass is 10.3. The number of rotatable bonds is 6. The Morgan fingerprint density at radius 2 is 2.38 bits per heavy atom. The molecule has 1 saturated carbocycles. The van der Waals surface area contributed by atoms with E-state index in [-0.39, 0.29) is 5.97 Å². The van der Waals surface area contributed by atoms with Gasteiger partial charge in [-0.3, -0.25) is 4.79 Å². The second-order valence-corrected chi connectivity index (χ2v) is 4.59. The van der Waals surface area contributed by atoms with Crippen molar-refractivity contribution >= 4 is 17.7 Å². The van der Waals surface area contributed by atoms with Crippen molar-refractivity contribution in [2.24, 2.45) is 11.7 Å². The van der Waals surface area contributed by atoms with Gasteiger partial charge in [0.2, 0.25) is 0 Å². The van der Waals surface area contributed by atoms with Gasteiger partial charge in [0.25, 0.3) is 0 Å². The zero-order valence-corrected chi connectivity index (χ0v) is 8.81. The first-order valence-corrected chi connectivity index (χ1v) is 5.80. The number of carbonyl (C=O) groups is 1. The first kappa shape index (κ1) is 10.9. The van der Waals surface area contributed by atoms with Crippen LogP contribution in [0.15, 0.2) is 0 Å². The van der Waals surface area contributed by atoms with Crippen LogP contribution >= 0.6 is 11.8 Å². The van der Waals surface area contributed by atoms with Crippen LogP contribution in [0.1, 0.15) is 19.3 Å². The van der Waals surface area contributed by atoms with Gasteiger partial charge >= 0.3 is 5.97 Å². The van der Waals surface area contributed by atoms with Gasteiger partial charge < -0.3 is 10.5 Å². The molecule has 1 rings (SSSR count). The molecular weight excluding hydrogens is 186 g/mol. The highest BCUT2D eigenvalue weighted by Gasteiger charge is 2.20.